The van der Waals surface area contributed by atoms with Crippen molar-refractivity contribution >= 4 is 35.6 Å². The van der Waals surface area contributed by atoms with Gasteiger partial charge in [-0.05, 0) is 43.2 Å². The highest BCUT2D eigenvalue weighted by atomic mass is 127. The van der Waals surface area contributed by atoms with Crippen molar-refractivity contribution in [2.75, 3.05) is 51.3 Å². The SMILES string of the molecule is CCNC(=NCCc1cccc(O)c1)N1CCN(c2cccc(OC)c2)CC1.I. The highest BCUT2D eigenvalue weighted by Crippen LogP contribution is 2.22. The van der Waals surface area contributed by atoms with Crippen molar-refractivity contribution in [1.29, 1.82) is 0 Å². The number of nitrogens with one attached hydrogen (secondary N) is 1. The fourth-order valence-electron chi connectivity index (χ4n) is 3.41. The number of phenolic OH excluding ortho intramolecular Hbond substituents is 1. The molecule has 0 radical (unpaired) electrons. The van der Waals surface area contributed by atoms with Gasteiger partial charge >= 0.3 is 0 Å². The quantitative estimate of drug-likeness (QED) is 0.355. The lowest BCUT2D eigenvalue weighted by molar-refractivity contribution is 0.372. The van der Waals surface area contributed by atoms with E-state index in [1.807, 2.05) is 24.3 Å². The van der Waals surface area contributed by atoms with Crippen LogP contribution in [0.3, 0.4) is 0 Å². The van der Waals surface area contributed by atoms with Crippen molar-refractivity contribution < 1.29 is 9.84 Å². The Morgan fingerprint density at radius 3 is 2.55 bits per heavy atom. The largest absolute Gasteiger partial charge is 0.508 e. The zero-order chi connectivity index (χ0) is 19.8. The summed E-state index contributed by atoms with van der Waals surface area (Å²) in [6.07, 6.45) is 0.813. The molecule has 1 heterocycles. The van der Waals surface area contributed by atoms with E-state index in [1.165, 1.54) is 5.69 Å². The number of methoxy groups -OCH3 is 1. The molecule has 0 bridgehead atoms. The van der Waals surface area contributed by atoms with Crippen molar-refractivity contribution in [3.8, 4) is 11.5 Å². The Balaban J connectivity index is 0.00000300. The van der Waals surface area contributed by atoms with Crippen molar-refractivity contribution in [2.45, 2.75) is 13.3 Å². The number of phenols is 1. The highest BCUT2D eigenvalue weighted by Gasteiger charge is 2.20. The van der Waals surface area contributed by atoms with Gasteiger partial charge in [0.05, 0.1) is 7.11 Å². The molecule has 7 heteroatoms. The number of anilines is 1. The number of piperazine rings is 1. The van der Waals surface area contributed by atoms with E-state index < -0.39 is 0 Å². The summed E-state index contributed by atoms with van der Waals surface area (Å²) in [6.45, 7) is 7.39. The maximum Gasteiger partial charge on any atom is 0.194 e. The number of aliphatic imine (C=N–C) groups is 1. The number of benzene rings is 2. The summed E-state index contributed by atoms with van der Waals surface area (Å²) in [5, 5.41) is 13.0. The molecule has 0 saturated carbocycles. The number of rotatable bonds is 6. The number of hydrogen-bond acceptors (Lipinski definition) is 4. The van der Waals surface area contributed by atoms with Crippen LogP contribution in [0.25, 0.3) is 0 Å². The molecular weight excluding hydrogens is 479 g/mol. The van der Waals surface area contributed by atoms with E-state index >= 15 is 0 Å². The van der Waals surface area contributed by atoms with Gasteiger partial charge in [0.25, 0.3) is 0 Å². The molecule has 6 nitrogen and oxygen atoms in total. The van der Waals surface area contributed by atoms with Crippen molar-refractivity contribution in [3.63, 3.8) is 0 Å². The summed E-state index contributed by atoms with van der Waals surface area (Å²) in [5.74, 6) is 2.16. The maximum absolute atomic E-state index is 9.59. The van der Waals surface area contributed by atoms with Crippen LogP contribution in [0.4, 0.5) is 5.69 Å². The van der Waals surface area contributed by atoms with E-state index in [2.05, 4.69) is 34.2 Å². The minimum atomic E-state index is 0. The van der Waals surface area contributed by atoms with Gasteiger partial charge in [-0.15, -0.1) is 24.0 Å². The fraction of sp³-hybridized carbons (Fsp3) is 0.409. The predicted molar refractivity (Wildman–Crippen MR) is 130 cm³/mol. The van der Waals surface area contributed by atoms with Crippen LogP contribution in [0.2, 0.25) is 0 Å². The monoisotopic (exact) mass is 510 g/mol. The summed E-state index contributed by atoms with van der Waals surface area (Å²) in [5.41, 5.74) is 2.30. The van der Waals surface area contributed by atoms with Gasteiger partial charge in [0.2, 0.25) is 0 Å². The first-order valence-electron chi connectivity index (χ1n) is 9.89. The lowest BCUT2D eigenvalue weighted by Gasteiger charge is -2.37. The Morgan fingerprint density at radius 2 is 1.86 bits per heavy atom. The van der Waals surface area contributed by atoms with Crippen LogP contribution in [0.15, 0.2) is 53.5 Å². The molecule has 1 aliphatic heterocycles. The van der Waals surface area contributed by atoms with Crippen LogP contribution in [0, 0.1) is 0 Å². The zero-order valence-electron chi connectivity index (χ0n) is 17.2. The predicted octanol–water partition coefficient (Wildman–Crippen LogP) is 3.35. The molecular formula is C22H31IN4O2. The van der Waals surface area contributed by atoms with E-state index in [9.17, 15) is 5.11 Å². The second kappa shape index (κ2) is 11.7. The number of guanidine groups is 1. The third-order valence-corrected chi connectivity index (χ3v) is 4.91. The molecule has 2 aromatic carbocycles. The van der Waals surface area contributed by atoms with Gasteiger partial charge in [-0.1, -0.05) is 18.2 Å². The van der Waals surface area contributed by atoms with Crippen LogP contribution in [-0.4, -0.2) is 62.3 Å². The minimum Gasteiger partial charge on any atom is -0.508 e. The van der Waals surface area contributed by atoms with Crippen LogP contribution in [-0.2, 0) is 6.42 Å². The molecule has 0 aromatic heterocycles. The van der Waals surface area contributed by atoms with Crippen molar-refractivity contribution in [1.82, 2.24) is 10.2 Å². The Kier molecular flexibility index (Phi) is 9.37. The Morgan fingerprint density at radius 1 is 1.10 bits per heavy atom. The smallest absolute Gasteiger partial charge is 0.194 e. The molecule has 1 saturated heterocycles. The zero-order valence-corrected chi connectivity index (χ0v) is 19.5. The summed E-state index contributed by atoms with van der Waals surface area (Å²) in [4.78, 5) is 9.50. The minimum absolute atomic E-state index is 0. The molecule has 2 aromatic rings. The van der Waals surface area contributed by atoms with Crippen LogP contribution >= 0.6 is 24.0 Å². The lowest BCUT2D eigenvalue weighted by atomic mass is 10.1. The first-order chi connectivity index (χ1) is 13.7. The molecule has 0 spiro atoms. The normalized spacial score (nSPS) is 14.3. The summed E-state index contributed by atoms with van der Waals surface area (Å²) < 4.78 is 5.34. The Labute approximate surface area is 190 Å². The highest BCUT2D eigenvalue weighted by molar-refractivity contribution is 14.0. The lowest BCUT2D eigenvalue weighted by Crippen LogP contribution is -2.52. The third-order valence-electron chi connectivity index (χ3n) is 4.91. The number of ether oxygens (including phenoxy) is 1. The number of nitrogens with zero attached hydrogens (tertiary/aromatic N) is 3. The average molecular weight is 510 g/mol. The van der Waals surface area contributed by atoms with E-state index in [-0.39, 0.29) is 24.0 Å². The van der Waals surface area contributed by atoms with Gasteiger partial charge in [0.1, 0.15) is 11.5 Å². The first-order valence-corrected chi connectivity index (χ1v) is 9.89. The van der Waals surface area contributed by atoms with Crippen LogP contribution in [0.5, 0.6) is 11.5 Å². The third kappa shape index (κ3) is 6.69. The van der Waals surface area contributed by atoms with Crippen LogP contribution < -0.4 is 15.0 Å². The number of halogens is 1. The standard InChI is InChI=1S/C22H30N4O2.HI/c1-3-23-22(24-11-10-18-6-4-8-20(27)16-18)26-14-12-25(13-15-26)19-7-5-9-21(17-19)28-2;/h4-9,16-17,27H,3,10-15H2,1-2H3,(H,23,24);1H. The summed E-state index contributed by atoms with van der Waals surface area (Å²) in [7, 11) is 1.70. The molecule has 0 amide bonds. The molecule has 0 atom stereocenters. The molecule has 0 unspecified atom stereocenters. The summed E-state index contributed by atoms with van der Waals surface area (Å²) in [6, 6.07) is 15.6. The molecule has 1 aliphatic rings. The van der Waals surface area contributed by atoms with Crippen molar-refractivity contribution in [3.05, 3.63) is 54.1 Å². The van der Waals surface area contributed by atoms with Gasteiger partial charge < -0.3 is 25.0 Å². The van der Waals surface area contributed by atoms with Gasteiger partial charge in [0, 0.05) is 51.0 Å². The molecule has 29 heavy (non-hydrogen) atoms. The number of aromatic hydroxyl groups is 1. The average Bonchev–Trinajstić information content (AvgIpc) is 2.73. The van der Waals surface area contributed by atoms with Gasteiger partial charge in [-0.3, -0.25) is 4.99 Å². The Hall–Kier alpha value is -2.16. The van der Waals surface area contributed by atoms with Gasteiger partial charge in [0.15, 0.2) is 5.96 Å². The second-order valence-corrected chi connectivity index (χ2v) is 6.83. The van der Waals surface area contributed by atoms with E-state index in [4.69, 9.17) is 9.73 Å². The summed E-state index contributed by atoms with van der Waals surface area (Å²) >= 11 is 0. The van der Waals surface area contributed by atoms with Crippen LogP contribution in [0.1, 0.15) is 12.5 Å². The fourth-order valence-corrected chi connectivity index (χ4v) is 3.41. The second-order valence-electron chi connectivity index (χ2n) is 6.83. The van der Waals surface area contributed by atoms with Gasteiger partial charge in [-0.25, -0.2) is 0 Å². The molecule has 0 aliphatic carbocycles. The molecule has 158 valence electrons. The van der Waals surface area contributed by atoms with E-state index in [1.54, 1.807) is 19.2 Å². The molecule has 3 rings (SSSR count). The topological polar surface area (TPSA) is 60.3 Å². The van der Waals surface area contributed by atoms with E-state index in [0.717, 1.165) is 56.4 Å². The number of hydrogen-bond donors (Lipinski definition) is 2. The van der Waals surface area contributed by atoms with E-state index in [0.29, 0.717) is 12.3 Å². The first kappa shape index (κ1) is 23.1. The van der Waals surface area contributed by atoms with Gasteiger partial charge in [-0.2, -0.15) is 0 Å². The Bertz CT molecular complexity index is 792. The molecule has 2 N–H and O–H groups in total. The molecule has 1 fully saturated rings. The maximum atomic E-state index is 9.59. The van der Waals surface area contributed by atoms with Crippen molar-refractivity contribution in [2.24, 2.45) is 4.99 Å².